The second-order valence-corrected chi connectivity index (χ2v) is 6.21. The van der Waals surface area contributed by atoms with Gasteiger partial charge in [0.15, 0.2) is 0 Å². The highest BCUT2D eigenvalue weighted by molar-refractivity contribution is 5.73. The Morgan fingerprint density at radius 2 is 2.00 bits per heavy atom. The van der Waals surface area contributed by atoms with Gasteiger partial charge in [-0.2, -0.15) is 0 Å². The minimum absolute atomic E-state index is 0.0969. The number of allylic oxidation sites excluding steroid dienone is 2. The first kappa shape index (κ1) is 11.7. The summed E-state index contributed by atoms with van der Waals surface area (Å²) < 4.78 is 0. The van der Waals surface area contributed by atoms with Gasteiger partial charge in [-0.3, -0.25) is 4.79 Å². The minimum Gasteiger partial charge on any atom is -0.481 e. The highest BCUT2D eigenvalue weighted by Gasteiger charge is 2.57. The second kappa shape index (κ2) is 3.35. The topological polar surface area (TPSA) is 37.3 Å². The molecule has 2 heteroatoms. The maximum atomic E-state index is 11.6. The lowest BCUT2D eigenvalue weighted by atomic mass is 9.46. The van der Waals surface area contributed by atoms with Crippen molar-refractivity contribution >= 4 is 5.97 Å². The number of aliphatic carboxylic acids is 1. The van der Waals surface area contributed by atoms with Crippen LogP contribution in [0.3, 0.4) is 0 Å². The molecule has 3 unspecified atom stereocenters. The van der Waals surface area contributed by atoms with Crippen LogP contribution in [0.4, 0.5) is 0 Å². The molecule has 0 aromatic heterocycles. The summed E-state index contributed by atoms with van der Waals surface area (Å²) in [5, 5.41) is 9.53. The lowest BCUT2D eigenvalue weighted by Gasteiger charge is -2.57. The Hall–Kier alpha value is -0.790. The molecule has 1 saturated carbocycles. The van der Waals surface area contributed by atoms with Gasteiger partial charge in [0.2, 0.25) is 0 Å². The summed E-state index contributed by atoms with van der Waals surface area (Å²) in [6.07, 6.45) is 6.64. The number of carboxylic acids is 1. The highest BCUT2D eigenvalue weighted by Crippen LogP contribution is 2.61. The normalized spacial score (nSPS) is 46.3. The third-order valence-corrected chi connectivity index (χ3v) is 5.33. The van der Waals surface area contributed by atoms with E-state index in [1.807, 2.05) is 0 Å². The Bertz CT molecular complexity index is 345. The van der Waals surface area contributed by atoms with Crippen LogP contribution in [0.25, 0.3) is 0 Å². The first-order valence-electron chi connectivity index (χ1n) is 6.27. The Balaban J connectivity index is 2.51. The molecular formula is C14H22O2. The van der Waals surface area contributed by atoms with Gasteiger partial charge in [-0.15, -0.1) is 0 Å². The van der Waals surface area contributed by atoms with Crippen LogP contribution in [0.2, 0.25) is 0 Å². The van der Waals surface area contributed by atoms with Gasteiger partial charge in [0, 0.05) is 5.41 Å². The van der Waals surface area contributed by atoms with Gasteiger partial charge in [0.05, 0.1) is 5.92 Å². The fourth-order valence-corrected chi connectivity index (χ4v) is 3.77. The third-order valence-electron chi connectivity index (χ3n) is 5.33. The van der Waals surface area contributed by atoms with Gasteiger partial charge in [-0.25, -0.2) is 0 Å². The van der Waals surface area contributed by atoms with Crippen molar-refractivity contribution in [2.45, 2.75) is 40.5 Å². The summed E-state index contributed by atoms with van der Waals surface area (Å²) in [7, 11) is 0. The van der Waals surface area contributed by atoms with Gasteiger partial charge < -0.3 is 5.11 Å². The van der Waals surface area contributed by atoms with Crippen molar-refractivity contribution in [1.29, 1.82) is 0 Å². The molecule has 3 rings (SSSR count). The molecular weight excluding hydrogens is 200 g/mol. The molecule has 1 fully saturated rings. The fourth-order valence-electron chi connectivity index (χ4n) is 3.77. The smallest absolute Gasteiger partial charge is 0.307 e. The van der Waals surface area contributed by atoms with E-state index < -0.39 is 5.97 Å². The lowest BCUT2D eigenvalue weighted by Crippen LogP contribution is -2.54. The van der Waals surface area contributed by atoms with E-state index in [0.717, 1.165) is 12.8 Å². The van der Waals surface area contributed by atoms with Crippen LogP contribution in [0.5, 0.6) is 0 Å². The van der Waals surface area contributed by atoms with Gasteiger partial charge >= 0.3 is 5.97 Å². The zero-order chi connectivity index (χ0) is 12.1. The molecule has 0 aliphatic heterocycles. The molecule has 2 bridgehead atoms. The van der Waals surface area contributed by atoms with Crippen LogP contribution in [0.15, 0.2) is 12.2 Å². The molecule has 0 saturated heterocycles. The molecule has 16 heavy (non-hydrogen) atoms. The Morgan fingerprint density at radius 1 is 1.38 bits per heavy atom. The molecule has 0 spiro atoms. The van der Waals surface area contributed by atoms with Crippen LogP contribution in [0.1, 0.15) is 40.5 Å². The number of hydrogen-bond donors (Lipinski definition) is 1. The highest BCUT2D eigenvalue weighted by atomic mass is 16.4. The fraction of sp³-hybridized carbons (Fsp3) is 0.786. The number of carboxylic acid groups (broad SMARTS) is 1. The summed E-state index contributed by atoms with van der Waals surface area (Å²) in [5.41, 5.74) is -0.0112. The molecule has 0 radical (unpaired) electrons. The van der Waals surface area contributed by atoms with Gasteiger partial charge in [0.1, 0.15) is 0 Å². The summed E-state index contributed by atoms with van der Waals surface area (Å²) in [5.74, 6) is -0.184. The van der Waals surface area contributed by atoms with Crippen molar-refractivity contribution in [2.24, 2.45) is 28.6 Å². The molecule has 1 N–H and O–H groups in total. The monoisotopic (exact) mass is 222 g/mol. The first-order valence-corrected chi connectivity index (χ1v) is 6.27. The van der Waals surface area contributed by atoms with Crippen molar-refractivity contribution in [3.05, 3.63) is 12.2 Å². The first-order chi connectivity index (χ1) is 7.33. The van der Waals surface area contributed by atoms with Crippen molar-refractivity contribution in [1.82, 2.24) is 0 Å². The van der Waals surface area contributed by atoms with Crippen LogP contribution in [-0.2, 0) is 4.79 Å². The predicted molar refractivity (Wildman–Crippen MR) is 64.0 cm³/mol. The summed E-state index contributed by atoms with van der Waals surface area (Å²) in [4.78, 5) is 11.6. The molecule has 0 aromatic carbocycles. The second-order valence-electron chi connectivity index (χ2n) is 6.21. The summed E-state index contributed by atoms with van der Waals surface area (Å²) >= 11 is 0. The van der Waals surface area contributed by atoms with E-state index in [-0.39, 0.29) is 22.7 Å². The largest absolute Gasteiger partial charge is 0.481 e. The van der Waals surface area contributed by atoms with Crippen LogP contribution in [-0.4, -0.2) is 11.1 Å². The molecule has 4 atom stereocenters. The molecule has 0 aromatic rings. The maximum absolute atomic E-state index is 11.6. The average Bonchev–Trinajstić information content (AvgIpc) is 2.19. The Kier molecular flexibility index (Phi) is 2.45. The van der Waals surface area contributed by atoms with Crippen LogP contribution >= 0.6 is 0 Å². The molecule has 3 aliphatic rings. The number of rotatable bonds is 2. The zero-order valence-corrected chi connectivity index (χ0v) is 10.7. The van der Waals surface area contributed by atoms with E-state index in [1.165, 1.54) is 0 Å². The van der Waals surface area contributed by atoms with Gasteiger partial charge in [-0.1, -0.05) is 39.8 Å². The van der Waals surface area contributed by atoms with E-state index in [2.05, 4.69) is 39.8 Å². The van der Waals surface area contributed by atoms with Crippen LogP contribution < -0.4 is 0 Å². The molecule has 3 aliphatic carbocycles. The maximum Gasteiger partial charge on any atom is 0.307 e. The van der Waals surface area contributed by atoms with Crippen molar-refractivity contribution < 1.29 is 9.90 Å². The molecule has 0 amide bonds. The number of carbonyl (C=O) groups is 1. The Morgan fingerprint density at radius 3 is 2.38 bits per heavy atom. The van der Waals surface area contributed by atoms with Gasteiger partial charge in [-0.05, 0) is 30.1 Å². The van der Waals surface area contributed by atoms with E-state index in [0.29, 0.717) is 5.92 Å². The van der Waals surface area contributed by atoms with Crippen molar-refractivity contribution in [3.63, 3.8) is 0 Å². The third kappa shape index (κ3) is 1.28. The summed E-state index contributed by atoms with van der Waals surface area (Å²) in [6, 6.07) is 0. The van der Waals surface area contributed by atoms with Gasteiger partial charge in [0.25, 0.3) is 0 Å². The average molecular weight is 222 g/mol. The molecule has 2 nitrogen and oxygen atoms in total. The SMILES string of the molecule is CC(C)C12C=CC(C)(CC1)[C@@H](C)C2C(=O)O. The number of fused-ring (bicyclic) bond motifs is 2. The molecule has 90 valence electrons. The molecule has 0 heterocycles. The standard InChI is InChI=1S/C14H22O2/c1-9(2)14-7-5-13(4,6-8-14)10(3)11(14)12(15)16/h5,7,9-11H,6,8H2,1-4H3,(H,15,16)/t10-,11?,13?,14?/m0/s1. The Labute approximate surface area is 97.7 Å². The summed E-state index contributed by atoms with van der Waals surface area (Å²) in [6.45, 7) is 8.62. The van der Waals surface area contributed by atoms with E-state index >= 15 is 0 Å². The van der Waals surface area contributed by atoms with E-state index in [1.54, 1.807) is 0 Å². The van der Waals surface area contributed by atoms with Crippen molar-refractivity contribution in [2.75, 3.05) is 0 Å². The minimum atomic E-state index is -0.614. The lowest BCUT2D eigenvalue weighted by molar-refractivity contribution is -0.158. The predicted octanol–water partition coefficient (Wildman–Crippen LogP) is 3.34. The van der Waals surface area contributed by atoms with Crippen molar-refractivity contribution in [3.8, 4) is 0 Å². The number of hydrogen-bond acceptors (Lipinski definition) is 1. The van der Waals surface area contributed by atoms with E-state index in [4.69, 9.17) is 0 Å². The van der Waals surface area contributed by atoms with Crippen LogP contribution in [0, 0.1) is 28.6 Å². The quantitative estimate of drug-likeness (QED) is 0.728. The zero-order valence-electron chi connectivity index (χ0n) is 10.7. The van der Waals surface area contributed by atoms with E-state index in [9.17, 15) is 9.90 Å².